The summed E-state index contributed by atoms with van der Waals surface area (Å²) in [5.74, 6) is 1.29. The molecule has 45 heavy (non-hydrogen) atoms. The Hall–Kier alpha value is -3.11. The molecule has 0 radical (unpaired) electrons. The number of halogens is 1. The van der Waals surface area contributed by atoms with Gasteiger partial charge in [-0.1, -0.05) is 80.0 Å². The molecule has 0 saturated heterocycles. The SMILES string of the molecule is CC1=CC2Cc3nc4ccccc4c(NCCCCCCCCCCNc4c5c(nc6cc(Cl)ccc46)CCCC5)c3C(C1)C2. The van der Waals surface area contributed by atoms with E-state index in [0.29, 0.717) is 11.8 Å². The first-order valence-corrected chi connectivity index (χ1v) is 18.2. The largest absolute Gasteiger partial charge is 0.384 e. The molecule has 0 spiro atoms. The molecular weight excluding hydrogens is 572 g/mol. The van der Waals surface area contributed by atoms with Crippen molar-refractivity contribution in [2.45, 2.75) is 109 Å². The summed E-state index contributed by atoms with van der Waals surface area (Å²) < 4.78 is 0. The molecule has 2 N–H and O–H groups in total. The third-order valence-electron chi connectivity index (χ3n) is 10.5. The van der Waals surface area contributed by atoms with Gasteiger partial charge >= 0.3 is 0 Å². The van der Waals surface area contributed by atoms with E-state index in [9.17, 15) is 0 Å². The first-order chi connectivity index (χ1) is 22.1. The second-order valence-corrected chi connectivity index (χ2v) is 14.4. The lowest BCUT2D eigenvalue weighted by molar-refractivity contribution is 0.433. The topological polar surface area (TPSA) is 49.8 Å². The van der Waals surface area contributed by atoms with Gasteiger partial charge in [-0.15, -0.1) is 0 Å². The van der Waals surface area contributed by atoms with Gasteiger partial charge in [0, 0.05) is 57.2 Å². The van der Waals surface area contributed by atoms with Gasteiger partial charge in [0.05, 0.1) is 11.0 Å². The number of allylic oxidation sites excluding steroid dienone is 2. The summed E-state index contributed by atoms with van der Waals surface area (Å²) in [6.45, 7) is 4.40. The number of nitrogens with one attached hydrogen (secondary N) is 2. The predicted molar refractivity (Wildman–Crippen MR) is 192 cm³/mol. The summed E-state index contributed by atoms with van der Waals surface area (Å²) in [4.78, 5) is 10.1. The number of hydrogen-bond donors (Lipinski definition) is 2. The fraction of sp³-hybridized carbons (Fsp3) is 0.500. The molecule has 0 amide bonds. The molecule has 2 unspecified atom stereocenters. The van der Waals surface area contributed by atoms with Crippen LogP contribution < -0.4 is 10.6 Å². The Morgan fingerprint density at radius 2 is 1.42 bits per heavy atom. The lowest BCUT2D eigenvalue weighted by Gasteiger charge is -2.36. The lowest BCUT2D eigenvalue weighted by Crippen LogP contribution is -2.24. The van der Waals surface area contributed by atoms with Crippen LogP contribution in [-0.4, -0.2) is 23.1 Å². The molecule has 5 heteroatoms. The Balaban J connectivity index is 0.835. The first-order valence-electron chi connectivity index (χ1n) is 17.8. The van der Waals surface area contributed by atoms with E-state index in [1.807, 2.05) is 12.1 Å². The Bertz CT molecular complexity index is 1690. The first kappa shape index (κ1) is 30.5. The van der Waals surface area contributed by atoms with Crippen molar-refractivity contribution < 1.29 is 0 Å². The number of unbranched alkanes of at least 4 members (excludes halogenated alkanes) is 7. The zero-order valence-corrected chi connectivity index (χ0v) is 27.8. The van der Waals surface area contributed by atoms with Crippen molar-refractivity contribution in [3.63, 3.8) is 0 Å². The zero-order chi connectivity index (χ0) is 30.6. The van der Waals surface area contributed by atoms with Crippen LogP contribution >= 0.6 is 11.6 Å². The van der Waals surface area contributed by atoms with Crippen molar-refractivity contribution >= 4 is 44.8 Å². The van der Waals surface area contributed by atoms with Gasteiger partial charge in [0.15, 0.2) is 0 Å². The van der Waals surface area contributed by atoms with Gasteiger partial charge in [0.2, 0.25) is 0 Å². The van der Waals surface area contributed by atoms with Crippen molar-refractivity contribution in [3.8, 4) is 0 Å². The van der Waals surface area contributed by atoms with Crippen LogP contribution in [0.25, 0.3) is 21.8 Å². The molecule has 4 aromatic rings. The van der Waals surface area contributed by atoms with Crippen molar-refractivity contribution in [2.75, 3.05) is 23.7 Å². The summed E-state index contributed by atoms with van der Waals surface area (Å²) in [6.07, 6.45) is 21.2. The number of hydrogen-bond acceptors (Lipinski definition) is 4. The molecule has 2 aromatic carbocycles. The summed E-state index contributed by atoms with van der Waals surface area (Å²) in [7, 11) is 0. The Morgan fingerprint density at radius 1 is 0.733 bits per heavy atom. The average molecular weight is 621 g/mol. The van der Waals surface area contributed by atoms with Gasteiger partial charge in [0.25, 0.3) is 0 Å². The van der Waals surface area contributed by atoms with Gasteiger partial charge in [0.1, 0.15) is 0 Å². The van der Waals surface area contributed by atoms with Gasteiger partial charge < -0.3 is 10.6 Å². The Kier molecular flexibility index (Phi) is 9.58. The highest BCUT2D eigenvalue weighted by molar-refractivity contribution is 6.31. The van der Waals surface area contributed by atoms with E-state index in [1.165, 1.54) is 122 Å². The molecule has 2 aromatic heterocycles. The van der Waals surface area contributed by atoms with Crippen molar-refractivity contribution in [1.82, 2.24) is 9.97 Å². The van der Waals surface area contributed by atoms with E-state index < -0.39 is 0 Å². The maximum absolute atomic E-state index is 6.30. The quantitative estimate of drug-likeness (QED) is 0.115. The molecule has 2 bridgehead atoms. The molecule has 0 saturated carbocycles. The normalized spacial score (nSPS) is 18.8. The predicted octanol–water partition coefficient (Wildman–Crippen LogP) is 11.0. The number of rotatable bonds is 13. The molecule has 3 aliphatic rings. The molecule has 0 fully saturated rings. The summed E-state index contributed by atoms with van der Waals surface area (Å²) in [5.41, 5.74) is 12.0. The third-order valence-corrected chi connectivity index (χ3v) is 10.7. The van der Waals surface area contributed by atoms with E-state index in [-0.39, 0.29) is 0 Å². The fourth-order valence-electron chi connectivity index (χ4n) is 8.39. The van der Waals surface area contributed by atoms with Crippen LogP contribution in [0.5, 0.6) is 0 Å². The van der Waals surface area contributed by atoms with Crippen LogP contribution in [0.15, 0.2) is 54.1 Å². The van der Waals surface area contributed by atoms with Crippen molar-refractivity contribution in [1.29, 1.82) is 0 Å². The molecule has 3 aliphatic carbocycles. The molecular formula is C40H49ClN4. The smallest absolute Gasteiger partial charge is 0.0741 e. The van der Waals surface area contributed by atoms with Gasteiger partial charge in [-0.05, 0) is 106 Å². The van der Waals surface area contributed by atoms with Gasteiger partial charge in [-0.3, -0.25) is 9.97 Å². The molecule has 2 atom stereocenters. The molecule has 4 nitrogen and oxygen atoms in total. The highest BCUT2D eigenvalue weighted by Gasteiger charge is 2.33. The maximum atomic E-state index is 6.30. The molecule has 0 aliphatic heterocycles. The number of pyridine rings is 2. The minimum Gasteiger partial charge on any atom is -0.384 e. The lowest BCUT2D eigenvalue weighted by atomic mass is 9.71. The molecule has 236 valence electrons. The van der Waals surface area contributed by atoms with E-state index in [4.69, 9.17) is 21.6 Å². The maximum Gasteiger partial charge on any atom is 0.0741 e. The van der Waals surface area contributed by atoms with Crippen LogP contribution in [0.2, 0.25) is 5.02 Å². The van der Waals surface area contributed by atoms with Gasteiger partial charge in [-0.2, -0.15) is 0 Å². The summed E-state index contributed by atoms with van der Waals surface area (Å²) in [6, 6.07) is 14.9. The second-order valence-electron chi connectivity index (χ2n) is 13.9. The second kappa shape index (κ2) is 14.1. The van der Waals surface area contributed by atoms with E-state index in [2.05, 4.69) is 54.0 Å². The summed E-state index contributed by atoms with van der Waals surface area (Å²) >= 11 is 6.30. The highest BCUT2D eigenvalue weighted by Crippen LogP contribution is 2.47. The molecule has 7 rings (SSSR count). The standard InChI is InChI=1S/C40H49ClN4/c1-27-22-28-24-29(23-27)38-37(25-28)45-35-17-11-9-15-32(35)40(38)43-21-13-7-5-3-2-4-6-12-20-42-39-31-14-8-10-16-34(31)44-36-26-30(41)18-19-33(36)39/h9,11,15,17-19,22,26,28-29H,2-8,10,12-14,16,20-21,23-25H2,1H3,(H,42,44)(H,43,45). The minimum absolute atomic E-state index is 0.618. The number of aryl methyl sites for hydroxylation is 1. The van der Waals surface area contributed by atoms with E-state index >= 15 is 0 Å². The number of aromatic nitrogens is 2. The van der Waals surface area contributed by atoms with Crippen molar-refractivity contribution in [3.05, 3.63) is 81.7 Å². The number of nitrogens with zero attached hydrogens (tertiary/aromatic N) is 2. The van der Waals surface area contributed by atoms with Crippen LogP contribution in [0.1, 0.15) is 112 Å². The number of fused-ring (bicyclic) bond motifs is 7. The van der Waals surface area contributed by atoms with E-state index in [1.54, 1.807) is 5.57 Å². The number of anilines is 2. The minimum atomic E-state index is 0.618. The van der Waals surface area contributed by atoms with Gasteiger partial charge in [-0.25, -0.2) is 0 Å². The van der Waals surface area contributed by atoms with E-state index in [0.717, 1.165) is 48.4 Å². The monoisotopic (exact) mass is 620 g/mol. The number of benzene rings is 2. The zero-order valence-electron chi connectivity index (χ0n) is 27.1. The number of para-hydroxylation sites is 1. The van der Waals surface area contributed by atoms with Crippen LogP contribution in [0.4, 0.5) is 11.4 Å². The fourth-order valence-corrected chi connectivity index (χ4v) is 8.55. The summed E-state index contributed by atoms with van der Waals surface area (Å²) in [5, 5.41) is 11.0. The van der Waals surface area contributed by atoms with Crippen LogP contribution in [0.3, 0.4) is 0 Å². The Morgan fingerprint density at radius 3 is 2.24 bits per heavy atom. The Labute approximate surface area is 274 Å². The highest BCUT2D eigenvalue weighted by atomic mass is 35.5. The van der Waals surface area contributed by atoms with Crippen molar-refractivity contribution in [2.24, 2.45) is 5.92 Å². The third kappa shape index (κ3) is 6.87. The average Bonchev–Trinajstić information content (AvgIpc) is 3.04. The molecule has 2 heterocycles. The van der Waals surface area contributed by atoms with Crippen LogP contribution in [0, 0.1) is 5.92 Å². The van der Waals surface area contributed by atoms with Crippen LogP contribution in [-0.2, 0) is 19.3 Å².